The van der Waals surface area contributed by atoms with Crippen LogP contribution in [0.1, 0.15) is 6.92 Å². The van der Waals surface area contributed by atoms with E-state index >= 15 is 0 Å². The van der Waals surface area contributed by atoms with Crippen molar-refractivity contribution in [1.29, 1.82) is 15.8 Å². The van der Waals surface area contributed by atoms with Gasteiger partial charge in [-0.25, -0.2) is 0 Å². The number of hydrogen-bond acceptors (Lipinski definition) is 7. The molecule has 0 unspecified atom stereocenters. The van der Waals surface area contributed by atoms with Gasteiger partial charge in [0, 0.05) is 12.1 Å². The number of ether oxygens (including phenoxy) is 1. The molecule has 0 spiro atoms. The van der Waals surface area contributed by atoms with Crippen LogP contribution >= 0.6 is 0 Å². The van der Waals surface area contributed by atoms with Gasteiger partial charge in [0.15, 0.2) is 5.57 Å². The van der Waals surface area contributed by atoms with Crippen molar-refractivity contribution in [3.63, 3.8) is 0 Å². The lowest BCUT2D eigenvalue weighted by Crippen LogP contribution is -2.04. The fourth-order valence-corrected chi connectivity index (χ4v) is 1.45. The summed E-state index contributed by atoms with van der Waals surface area (Å²) < 4.78 is 5.22. The van der Waals surface area contributed by atoms with Gasteiger partial charge in [0.2, 0.25) is 0 Å². The van der Waals surface area contributed by atoms with Gasteiger partial charge >= 0.3 is 0 Å². The van der Waals surface area contributed by atoms with Gasteiger partial charge < -0.3 is 10.1 Å². The zero-order valence-corrected chi connectivity index (χ0v) is 11.0. The van der Waals surface area contributed by atoms with Crippen molar-refractivity contribution in [3.05, 3.63) is 39.6 Å². The van der Waals surface area contributed by atoms with Crippen LogP contribution in [0.2, 0.25) is 0 Å². The molecule has 0 saturated heterocycles. The van der Waals surface area contributed by atoms with Gasteiger partial charge in [-0.05, 0) is 13.0 Å². The third-order valence-corrected chi connectivity index (χ3v) is 2.32. The fourth-order valence-electron chi connectivity index (χ4n) is 1.45. The molecule has 0 fully saturated rings. The number of nitro benzene ring substituents is 1. The molecule has 104 valence electrons. The molecule has 1 N–H and O–H groups in total. The molecule has 0 aliphatic carbocycles. The van der Waals surface area contributed by atoms with Crippen LogP contribution in [0.25, 0.3) is 0 Å². The highest BCUT2D eigenvalue weighted by molar-refractivity contribution is 5.69. The Labute approximate surface area is 120 Å². The van der Waals surface area contributed by atoms with E-state index in [2.05, 4.69) is 5.32 Å². The zero-order chi connectivity index (χ0) is 15.8. The third kappa shape index (κ3) is 3.69. The molecule has 0 bridgehead atoms. The fraction of sp³-hybridized carbons (Fsp3) is 0.154. The van der Waals surface area contributed by atoms with E-state index < -0.39 is 10.5 Å². The van der Waals surface area contributed by atoms with E-state index in [1.165, 1.54) is 18.2 Å². The highest BCUT2D eigenvalue weighted by Crippen LogP contribution is 2.30. The van der Waals surface area contributed by atoms with Crippen molar-refractivity contribution in [1.82, 2.24) is 0 Å². The van der Waals surface area contributed by atoms with E-state index in [1.807, 2.05) is 0 Å². The molecule has 0 saturated carbocycles. The molecule has 8 heteroatoms. The summed E-state index contributed by atoms with van der Waals surface area (Å²) in [4.78, 5) is 10.3. The van der Waals surface area contributed by atoms with Crippen LogP contribution in [-0.2, 0) is 0 Å². The Hall–Kier alpha value is -3.57. The Morgan fingerprint density at radius 1 is 1.33 bits per heavy atom. The molecule has 0 aliphatic rings. The van der Waals surface area contributed by atoms with E-state index in [1.54, 1.807) is 25.1 Å². The molecule has 0 radical (unpaired) electrons. The van der Waals surface area contributed by atoms with Crippen molar-refractivity contribution in [2.45, 2.75) is 6.92 Å². The van der Waals surface area contributed by atoms with E-state index in [9.17, 15) is 10.1 Å². The van der Waals surface area contributed by atoms with Crippen molar-refractivity contribution in [3.8, 4) is 24.0 Å². The summed E-state index contributed by atoms with van der Waals surface area (Å²) in [7, 11) is 0. The zero-order valence-electron chi connectivity index (χ0n) is 11.0. The van der Waals surface area contributed by atoms with Crippen LogP contribution in [0.15, 0.2) is 29.5 Å². The van der Waals surface area contributed by atoms with Crippen LogP contribution in [0.5, 0.6) is 5.75 Å². The first kappa shape index (κ1) is 15.5. The van der Waals surface area contributed by atoms with Gasteiger partial charge in [-0.3, -0.25) is 10.1 Å². The van der Waals surface area contributed by atoms with Crippen LogP contribution in [0, 0.1) is 44.1 Å². The Balaban J connectivity index is 3.35. The topological polar surface area (TPSA) is 136 Å². The number of benzene rings is 1. The highest BCUT2D eigenvalue weighted by Gasteiger charge is 2.17. The van der Waals surface area contributed by atoms with Gasteiger partial charge in [0.05, 0.1) is 11.5 Å². The van der Waals surface area contributed by atoms with Crippen molar-refractivity contribution in [2.75, 3.05) is 11.9 Å². The first-order chi connectivity index (χ1) is 10.1. The number of nitrogens with one attached hydrogen (secondary N) is 1. The summed E-state index contributed by atoms with van der Waals surface area (Å²) in [5.74, 6) is 0.360. The number of hydrogen-bond donors (Lipinski definition) is 1. The number of anilines is 1. The van der Waals surface area contributed by atoms with E-state index in [-0.39, 0.29) is 17.1 Å². The van der Waals surface area contributed by atoms with Gasteiger partial charge in [0.25, 0.3) is 5.69 Å². The molecule has 1 aromatic carbocycles. The highest BCUT2D eigenvalue weighted by atomic mass is 16.6. The lowest BCUT2D eigenvalue weighted by atomic mass is 10.2. The van der Waals surface area contributed by atoms with Crippen LogP contribution in [0.4, 0.5) is 11.4 Å². The van der Waals surface area contributed by atoms with Crippen LogP contribution in [0.3, 0.4) is 0 Å². The average Bonchev–Trinajstić information content (AvgIpc) is 2.47. The summed E-state index contributed by atoms with van der Waals surface area (Å²) in [6.07, 6.45) is 0. The molecule has 0 aromatic heterocycles. The number of nitriles is 3. The number of rotatable bonds is 5. The largest absolute Gasteiger partial charge is 0.494 e. The summed E-state index contributed by atoms with van der Waals surface area (Å²) in [5.41, 5.74) is -1.17. The molecule has 0 heterocycles. The van der Waals surface area contributed by atoms with Crippen LogP contribution < -0.4 is 10.1 Å². The molecular weight excluding hydrogens is 274 g/mol. The molecule has 21 heavy (non-hydrogen) atoms. The first-order valence-corrected chi connectivity index (χ1v) is 5.70. The summed E-state index contributed by atoms with van der Waals surface area (Å²) in [6, 6.07) is 8.67. The SMILES string of the molecule is CCOc1ccc([N+](=O)[O-])c(NC(C#N)=C(C#N)C#N)c1. The molecule has 1 rings (SSSR count). The summed E-state index contributed by atoms with van der Waals surface area (Å²) in [6.45, 7) is 2.11. The van der Waals surface area contributed by atoms with Crippen molar-refractivity contribution in [2.24, 2.45) is 0 Å². The van der Waals surface area contributed by atoms with E-state index in [4.69, 9.17) is 20.5 Å². The predicted octanol–water partition coefficient (Wildman–Crippen LogP) is 2.23. The minimum Gasteiger partial charge on any atom is -0.494 e. The number of nitro groups is 1. The quantitative estimate of drug-likeness (QED) is 0.497. The summed E-state index contributed by atoms with van der Waals surface area (Å²) >= 11 is 0. The Kier molecular flexibility index (Phi) is 5.26. The molecule has 8 nitrogen and oxygen atoms in total. The molecular formula is C13H9N5O3. The maximum Gasteiger partial charge on any atom is 0.292 e. The van der Waals surface area contributed by atoms with Crippen LogP contribution in [-0.4, -0.2) is 11.5 Å². The monoisotopic (exact) mass is 283 g/mol. The first-order valence-electron chi connectivity index (χ1n) is 5.70. The average molecular weight is 283 g/mol. The predicted molar refractivity (Wildman–Crippen MR) is 71.8 cm³/mol. The molecule has 1 aromatic rings. The Morgan fingerprint density at radius 3 is 2.48 bits per heavy atom. The minimum atomic E-state index is -0.647. The normalized spacial score (nSPS) is 8.67. The molecule has 0 atom stereocenters. The van der Waals surface area contributed by atoms with E-state index in [0.29, 0.717) is 12.4 Å². The standard InChI is InChI=1S/C13H9N5O3/c1-2-21-10-3-4-13(18(19)20)11(5-10)17-12(8-16)9(6-14)7-15/h3-5,17H,2H2,1H3. The third-order valence-electron chi connectivity index (χ3n) is 2.32. The Bertz CT molecular complexity index is 703. The second-order valence-electron chi connectivity index (χ2n) is 3.58. The summed E-state index contributed by atoms with van der Waals surface area (Å²) in [5, 5.41) is 39.8. The number of allylic oxidation sites excluding steroid dienone is 2. The van der Waals surface area contributed by atoms with Crippen molar-refractivity contribution >= 4 is 11.4 Å². The van der Waals surface area contributed by atoms with E-state index in [0.717, 1.165) is 0 Å². The van der Waals surface area contributed by atoms with Crippen molar-refractivity contribution < 1.29 is 9.66 Å². The Morgan fingerprint density at radius 2 is 2.00 bits per heavy atom. The van der Waals surface area contributed by atoms with Gasteiger partial charge in [-0.1, -0.05) is 0 Å². The minimum absolute atomic E-state index is 0.0366. The maximum atomic E-state index is 11.0. The van der Waals surface area contributed by atoms with Gasteiger partial charge in [-0.2, -0.15) is 15.8 Å². The van der Waals surface area contributed by atoms with Gasteiger partial charge in [-0.15, -0.1) is 0 Å². The lowest BCUT2D eigenvalue weighted by molar-refractivity contribution is -0.383. The molecule has 0 amide bonds. The molecule has 0 aliphatic heterocycles. The second kappa shape index (κ2) is 7.13. The number of nitrogens with zero attached hydrogens (tertiary/aromatic N) is 4. The maximum absolute atomic E-state index is 11.0. The lowest BCUT2D eigenvalue weighted by Gasteiger charge is -2.08. The van der Waals surface area contributed by atoms with Gasteiger partial charge in [0.1, 0.15) is 35.3 Å². The second-order valence-corrected chi connectivity index (χ2v) is 3.58. The smallest absolute Gasteiger partial charge is 0.292 e.